The van der Waals surface area contributed by atoms with E-state index in [0.717, 1.165) is 45.2 Å². The smallest absolute Gasteiger partial charge is 0.222 e. The average molecular weight is 268 g/mol. The zero-order chi connectivity index (χ0) is 13.8. The minimum absolute atomic E-state index is 0.206. The summed E-state index contributed by atoms with van der Waals surface area (Å²) in [5.41, 5.74) is 5.91. The second-order valence-corrected chi connectivity index (χ2v) is 6.36. The average Bonchev–Trinajstić information content (AvgIpc) is 2.42. The molecule has 0 aromatic rings. The molecule has 2 rings (SSSR count). The third-order valence-electron chi connectivity index (χ3n) is 4.90. The topological polar surface area (TPSA) is 55.6 Å². The minimum atomic E-state index is 0.206. The summed E-state index contributed by atoms with van der Waals surface area (Å²) < 4.78 is 5.48. The fourth-order valence-electron chi connectivity index (χ4n) is 3.34. The van der Waals surface area contributed by atoms with Crippen molar-refractivity contribution in [3.05, 3.63) is 0 Å². The van der Waals surface area contributed by atoms with Gasteiger partial charge in [-0.3, -0.25) is 4.79 Å². The molecule has 1 amide bonds. The summed E-state index contributed by atoms with van der Waals surface area (Å²) in [5.74, 6) is 1.42. The first-order valence-electron chi connectivity index (χ1n) is 7.66. The Labute approximate surface area is 116 Å². The monoisotopic (exact) mass is 268 g/mol. The Morgan fingerprint density at radius 1 is 1.26 bits per heavy atom. The SMILES string of the molecule is COC1CN(C(=O)CC2CCC(N)CC2)CCC1C. The van der Waals surface area contributed by atoms with E-state index in [0.29, 0.717) is 30.2 Å². The zero-order valence-electron chi connectivity index (χ0n) is 12.3. The number of carbonyl (C=O) groups excluding carboxylic acids is 1. The molecule has 2 N–H and O–H groups in total. The Morgan fingerprint density at radius 2 is 1.95 bits per heavy atom. The van der Waals surface area contributed by atoms with Crippen LogP contribution in [0.4, 0.5) is 0 Å². The van der Waals surface area contributed by atoms with Gasteiger partial charge in [0, 0.05) is 32.7 Å². The summed E-state index contributed by atoms with van der Waals surface area (Å²) in [6.45, 7) is 3.87. The van der Waals surface area contributed by atoms with Crippen molar-refractivity contribution in [1.29, 1.82) is 0 Å². The van der Waals surface area contributed by atoms with Crippen LogP contribution in [-0.2, 0) is 9.53 Å². The molecule has 1 saturated carbocycles. The van der Waals surface area contributed by atoms with Crippen molar-refractivity contribution in [2.75, 3.05) is 20.2 Å². The predicted octanol–water partition coefficient (Wildman–Crippen LogP) is 1.78. The number of nitrogens with zero attached hydrogens (tertiary/aromatic N) is 1. The standard InChI is InChI=1S/C15H28N2O2/c1-11-7-8-17(10-14(11)19-2)15(18)9-12-3-5-13(16)6-4-12/h11-14H,3-10,16H2,1-2H3. The zero-order valence-corrected chi connectivity index (χ0v) is 12.3. The fraction of sp³-hybridized carbons (Fsp3) is 0.933. The minimum Gasteiger partial charge on any atom is -0.379 e. The van der Waals surface area contributed by atoms with E-state index in [4.69, 9.17) is 10.5 Å². The predicted molar refractivity (Wildman–Crippen MR) is 75.7 cm³/mol. The van der Waals surface area contributed by atoms with E-state index in [1.54, 1.807) is 7.11 Å². The number of hydrogen-bond acceptors (Lipinski definition) is 3. The molecule has 0 aromatic heterocycles. The summed E-state index contributed by atoms with van der Waals surface area (Å²) >= 11 is 0. The summed E-state index contributed by atoms with van der Waals surface area (Å²) in [6.07, 6.45) is 6.36. The van der Waals surface area contributed by atoms with Crippen molar-refractivity contribution < 1.29 is 9.53 Å². The maximum absolute atomic E-state index is 12.4. The number of likely N-dealkylation sites (tertiary alicyclic amines) is 1. The highest BCUT2D eigenvalue weighted by Gasteiger charge is 2.30. The summed E-state index contributed by atoms with van der Waals surface area (Å²) in [7, 11) is 1.75. The van der Waals surface area contributed by atoms with Crippen molar-refractivity contribution in [2.24, 2.45) is 17.6 Å². The quantitative estimate of drug-likeness (QED) is 0.849. The third kappa shape index (κ3) is 3.93. The summed E-state index contributed by atoms with van der Waals surface area (Å²) in [6, 6.07) is 0.361. The Kier molecular flexibility index (Phi) is 5.22. The van der Waals surface area contributed by atoms with Crippen molar-refractivity contribution >= 4 is 5.91 Å². The lowest BCUT2D eigenvalue weighted by Crippen LogP contribution is -2.47. The summed E-state index contributed by atoms with van der Waals surface area (Å²) in [5, 5.41) is 0. The first-order chi connectivity index (χ1) is 9.10. The van der Waals surface area contributed by atoms with Gasteiger partial charge in [-0.15, -0.1) is 0 Å². The van der Waals surface area contributed by atoms with Gasteiger partial charge in [0.1, 0.15) is 0 Å². The molecule has 2 fully saturated rings. The van der Waals surface area contributed by atoms with Crippen LogP contribution in [0.5, 0.6) is 0 Å². The van der Waals surface area contributed by atoms with Gasteiger partial charge in [0.05, 0.1) is 6.10 Å². The van der Waals surface area contributed by atoms with Gasteiger partial charge in [0.15, 0.2) is 0 Å². The molecule has 2 unspecified atom stereocenters. The van der Waals surface area contributed by atoms with Crippen LogP contribution in [-0.4, -0.2) is 43.2 Å². The Bertz CT molecular complexity index is 301. The molecule has 2 aliphatic rings. The molecule has 0 bridgehead atoms. The van der Waals surface area contributed by atoms with Gasteiger partial charge in [-0.05, 0) is 43.9 Å². The highest BCUT2D eigenvalue weighted by Crippen LogP contribution is 2.27. The van der Waals surface area contributed by atoms with Gasteiger partial charge in [-0.2, -0.15) is 0 Å². The van der Waals surface area contributed by atoms with Gasteiger partial charge in [-0.25, -0.2) is 0 Å². The van der Waals surface area contributed by atoms with Gasteiger partial charge < -0.3 is 15.4 Å². The van der Waals surface area contributed by atoms with Crippen molar-refractivity contribution in [3.8, 4) is 0 Å². The molecule has 110 valence electrons. The van der Waals surface area contributed by atoms with Crippen molar-refractivity contribution in [1.82, 2.24) is 4.90 Å². The first kappa shape index (κ1) is 14.8. The maximum atomic E-state index is 12.4. The van der Waals surface area contributed by atoms with Crippen LogP contribution < -0.4 is 5.73 Å². The van der Waals surface area contributed by atoms with Gasteiger partial charge in [0.25, 0.3) is 0 Å². The molecular formula is C15H28N2O2. The van der Waals surface area contributed by atoms with E-state index >= 15 is 0 Å². The molecule has 1 saturated heterocycles. The van der Waals surface area contributed by atoms with Crippen LogP contribution in [0.25, 0.3) is 0 Å². The molecule has 19 heavy (non-hydrogen) atoms. The second-order valence-electron chi connectivity index (χ2n) is 6.36. The van der Waals surface area contributed by atoms with Gasteiger partial charge in [0.2, 0.25) is 5.91 Å². The number of nitrogens with two attached hydrogens (primary N) is 1. The lowest BCUT2D eigenvalue weighted by atomic mass is 9.84. The molecule has 1 aliphatic carbocycles. The van der Waals surface area contributed by atoms with Gasteiger partial charge in [-0.1, -0.05) is 6.92 Å². The van der Waals surface area contributed by atoms with Crippen LogP contribution in [0.3, 0.4) is 0 Å². The van der Waals surface area contributed by atoms with Crippen LogP contribution in [0.1, 0.15) is 45.4 Å². The number of piperidine rings is 1. The van der Waals surface area contributed by atoms with E-state index in [2.05, 4.69) is 6.92 Å². The van der Waals surface area contributed by atoms with E-state index in [1.807, 2.05) is 4.90 Å². The second kappa shape index (κ2) is 6.71. The van der Waals surface area contributed by atoms with Crippen LogP contribution >= 0.6 is 0 Å². The van der Waals surface area contributed by atoms with E-state index < -0.39 is 0 Å². The number of hydrogen-bond donors (Lipinski definition) is 1. The number of amides is 1. The molecule has 4 nitrogen and oxygen atoms in total. The summed E-state index contributed by atoms with van der Waals surface area (Å²) in [4.78, 5) is 14.4. The van der Waals surface area contributed by atoms with Crippen LogP contribution in [0.2, 0.25) is 0 Å². The fourth-order valence-corrected chi connectivity index (χ4v) is 3.34. The Balaban J connectivity index is 1.80. The molecule has 0 radical (unpaired) electrons. The Hall–Kier alpha value is -0.610. The highest BCUT2D eigenvalue weighted by molar-refractivity contribution is 5.76. The molecule has 1 aliphatic heterocycles. The normalized spacial score (nSPS) is 36.3. The maximum Gasteiger partial charge on any atom is 0.222 e. The van der Waals surface area contributed by atoms with Crippen LogP contribution in [0.15, 0.2) is 0 Å². The van der Waals surface area contributed by atoms with Crippen LogP contribution in [0, 0.1) is 11.8 Å². The number of carbonyl (C=O) groups is 1. The highest BCUT2D eigenvalue weighted by atomic mass is 16.5. The Morgan fingerprint density at radius 3 is 2.58 bits per heavy atom. The number of rotatable bonds is 3. The largest absolute Gasteiger partial charge is 0.379 e. The number of ether oxygens (including phenoxy) is 1. The van der Waals surface area contributed by atoms with E-state index in [-0.39, 0.29) is 6.10 Å². The molecule has 0 aromatic carbocycles. The molecule has 1 heterocycles. The van der Waals surface area contributed by atoms with E-state index in [1.165, 1.54) is 0 Å². The van der Waals surface area contributed by atoms with Gasteiger partial charge >= 0.3 is 0 Å². The lowest BCUT2D eigenvalue weighted by Gasteiger charge is -2.37. The molecule has 4 heteroatoms. The lowest BCUT2D eigenvalue weighted by molar-refractivity contribution is -0.137. The molecule has 0 spiro atoms. The molecular weight excluding hydrogens is 240 g/mol. The number of methoxy groups -OCH3 is 1. The van der Waals surface area contributed by atoms with Crippen molar-refractivity contribution in [2.45, 2.75) is 57.6 Å². The first-order valence-corrected chi connectivity index (χ1v) is 7.66. The van der Waals surface area contributed by atoms with Crippen molar-refractivity contribution in [3.63, 3.8) is 0 Å². The third-order valence-corrected chi connectivity index (χ3v) is 4.90. The van der Waals surface area contributed by atoms with E-state index in [9.17, 15) is 4.79 Å². The molecule has 2 atom stereocenters.